The third-order valence-corrected chi connectivity index (χ3v) is 8.58. The number of aliphatic hydroxyl groups is 1. The Bertz CT molecular complexity index is 1300. The quantitative estimate of drug-likeness (QED) is 0.361. The number of aryl methyl sites for hydroxylation is 1. The highest BCUT2D eigenvalue weighted by Gasteiger charge is 2.45. The molecule has 37 heavy (non-hydrogen) atoms. The van der Waals surface area contributed by atoms with Gasteiger partial charge in [-0.1, -0.05) is 26.8 Å². The van der Waals surface area contributed by atoms with Crippen molar-refractivity contribution in [1.29, 1.82) is 0 Å². The van der Waals surface area contributed by atoms with Gasteiger partial charge in [0.05, 0.1) is 4.88 Å². The van der Waals surface area contributed by atoms with Gasteiger partial charge in [0.1, 0.15) is 10.6 Å². The highest BCUT2D eigenvalue weighted by atomic mass is 32.1. The van der Waals surface area contributed by atoms with Crippen molar-refractivity contribution in [1.82, 2.24) is 19.9 Å². The number of aromatic nitrogens is 3. The molecule has 0 bridgehead atoms. The molecule has 3 N–H and O–H groups in total. The number of amides is 1. The number of nitrogens with one attached hydrogen (secondary N) is 1. The number of rotatable bonds is 5. The number of benzene rings is 1. The molecule has 2 atom stereocenters. The first-order valence-corrected chi connectivity index (χ1v) is 13.7. The number of likely N-dealkylation sites (tertiary alicyclic amines) is 1. The van der Waals surface area contributed by atoms with E-state index in [-0.39, 0.29) is 11.5 Å². The van der Waals surface area contributed by atoms with Gasteiger partial charge in [-0.3, -0.25) is 0 Å². The first-order valence-electron chi connectivity index (χ1n) is 12.9. The van der Waals surface area contributed by atoms with Crippen LogP contribution in [0.3, 0.4) is 0 Å². The summed E-state index contributed by atoms with van der Waals surface area (Å²) in [6.07, 6.45) is 6.45. The van der Waals surface area contributed by atoms with Crippen LogP contribution in [0.25, 0.3) is 10.4 Å². The van der Waals surface area contributed by atoms with E-state index in [2.05, 4.69) is 38.5 Å². The molecule has 2 aliphatic rings. The predicted octanol–water partition coefficient (Wildman–Crippen LogP) is 6.30. The summed E-state index contributed by atoms with van der Waals surface area (Å²) in [7, 11) is 0. The Morgan fingerprint density at radius 1 is 1.22 bits per heavy atom. The van der Waals surface area contributed by atoms with Crippen molar-refractivity contribution in [3.8, 4) is 10.4 Å². The maximum absolute atomic E-state index is 12.0. The molecule has 1 aromatic carbocycles. The Morgan fingerprint density at radius 2 is 2.00 bits per heavy atom. The molecule has 0 radical (unpaired) electrons. The monoisotopic (exact) mass is 521 g/mol. The Kier molecular flexibility index (Phi) is 6.70. The summed E-state index contributed by atoms with van der Waals surface area (Å²) in [5, 5.41) is 25.6. The molecule has 2 fully saturated rings. The van der Waals surface area contributed by atoms with Crippen molar-refractivity contribution in [2.24, 2.45) is 5.41 Å². The Balaban J connectivity index is 1.41. The fourth-order valence-corrected chi connectivity index (χ4v) is 6.25. The van der Waals surface area contributed by atoms with Gasteiger partial charge in [0.2, 0.25) is 5.95 Å². The lowest BCUT2D eigenvalue weighted by atomic mass is 9.79. The average Bonchev–Trinajstić information content (AvgIpc) is 3.58. The van der Waals surface area contributed by atoms with Crippen LogP contribution in [0.15, 0.2) is 36.7 Å². The van der Waals surface area contributed by atoms with E-state index in [4.69, 9.17) is 0 Å². The number of thiazole rings is 1. The van der Waals surface area contributed by atoms with Crippen molar-refractivity contribution >= 4 is 29.1 Å². The maximum Gasteiger partial charge on any atom is 0.407 e. The van der Waals surface area contributed by atoms with E-state index in [0.717, 1.165) is 27.4 Å². The van der Waals surface area contributed by atoms with E-state index in [0.29, 0.717) is 42.7 Å². The fourth-order valence-electron chi connectivity index (χ4n) is 5.22. The van der Waals surface area contributed by atoms with Crippen LogP contribution >= 0.6 is 11.3 Å². The lowest BCUT2D eigenvalue weighted by molar-refractivity contribution is -0.0107. The Hall–Kier alpha value is -3.04. The molecule has 8 nitrogen and oxygen atoms in total. The van der Waals surface area contributed by atoms with Crippen LogP contribution in [0, 0.1) is 12.3 Å². The number of nitrogens with zero attached hydrogens (tertiary/aromatic N) is 4. The molecule has 196 valence electrons. The van der Waals surface area contributed by atoms with E-state index >= 15 is 0 Å². The van der Waals surface area contributed by atoms with Gasteiger partial charge in [-0.15, -0.1) is 11.3 Å². The van der Waals surface area contributed by atoms with Gasteiger partial charge in [0.25, 0.3) is 0 Å². The van der Waals surface area contributed by atoms with Crippen LogP contribution < -0.4 is 5.32 Å². The molecule has 1 unspecified atom stereocenters. The second kappa shape index (κ2) is 9.68. The third kappa shape index (κ3) is 5.62. The molecular formula is C28H35N5O3S. The molecule has 2 aromatic heterocycles. The first kappa shape index (κ1) is 25.6. The van der Waals surface area contributed by atoms with Crippen molar-refractivity contribution in [2.75, 3.05) is 11.9 Å². The minimum absolute atomic E-state index is 0.313. The number of carbonyl (C=O) groups is 1. The first-order chi connectivity index (χ1) is 17.5. The molecule has 3 aromatic rings. The molecule has 0 spiro atoms. The van der Waals surface area contributed by atoms with Gasteiger partial charge >= 0.3 is 6.09 Å². The van der Waals surface area contributed by atoms with E-state index in [1.807, 2.05) is 40.0 Å². The van der Waals surface area contributed by atoms with Crippen LogP contribution in [0.1, 0.15) is 75.1 Å². The normalized spacial score (nSPS) is 22.5. The van der Waals surface area contributed by atoms with Crippen molar-refractivity contribution in [3.63, 3.8) is 0 Å². The second-order valence-electron chi connectivity index (χ2n) is 11.5. The molecule has 1 aliphatic heterocycles. The summed E-state index contributed by atoms with van der Waals surface area (Å²) >= 11 is 1.48. The molecule has 1 saturated carbocycles. The predicted molar refractivity (Wildman–Crippen MR) is 145 cm³/mol. The van der Waals surface area contributed by atoms with E-state index in [1.165, 1.54) is 29.1 Å². The van der Waals surface area contributed by atoms with Crippen LogP contribution in [0.4, 0.5) is 16.4 Å². The molecule has 3 heterocycles. The zero-order valence-electron chi connectivity index (χ0n) is 21.9. The average molecular weight is 522 g/mol. The fraction of sp³-hybridized carbons (Fsp3) is 0.500. The summed E-state index contributed by atoms with van der Waals surface area (Å²) in [6.45, 7) is 8.54. The highest BCUT2D eigenvalue weighted by molar-refractivity contribution is 7.15. The Morgan fingerprint density at radius 3 is 2.70 bits per heavy atom. The third-order valence-electron chi connectivity index (χ3n) is 7.34. The van der Waals surface area contributed by atoms with Crippen LogP contribution in [-0.4, -0.2) is 48.7 Å². The second-order valence-corrected chi connectivity index (χ2v) is 12.5. The van der Waals surface area contributed by atoms with Crippen molar-refractivity contribution in [3.05, 3.63) is 52.9 Å². The lowest BCUT2D eigenvalue weighted by Gasteiger charge is -2.40. The lowest BCUT2D eigenvalue weighted by Crippen LogP contribution is -2.48. The van der Waals surface area contributed by atoms with E-state index in [1.54, 1.807) is 6.20 Å². The summed E-state index contributed by atoms with van der Waals surface area (Å²) in [5.74, 6) is 1.15. The molecular weight excluding hydrogens is 486 g/mol. The molecule has 1 amide bonds. The number of anilines is 2. The highest BCUT2D eigenvalue weighted by Crippen LogP contribution is 2.44. The van der Waals surface area contributed by atoms with Gasteiger partial charge in [-0.05, 0) is 67.3 Å². The number of hydrogen-bond donors (Lipinski definition) is 3. The zero-order valence-corrected chi connectivity index (χ0v) is 22.7. The topological polar surface area (TPSA) is 111 Å². The molecule has 9 heteroatoms. The minimum atomic E-state index is -1.17. The smallest absolute Gasteiger partial charge is 0.407 e. The van der Waals surface area contributed by atoms with Gasteiger partial charge in [0, 0.05) is 48.7 Å². The summed E-state index contributed by atoms with van der Waals surface area (Å²) in [6, 6.07) is 7.89. The van der Waals surface area contributed by atoms with Crippen LogP contribution in [0.5, 0.6) is 0 Å². The van der Waals surface area contributed by atoms with Crippen LogP contribution in [-0.2, 0) is 5.60 Å². The summed E-state index contributed by atoms with van der Waals surface area (Å²) in [4.78, 5) is 28.1. The van der Waals surface area contributed by atoms with Crippen LogP contribution in [0.2, 0.25) is 0 Å². The molecule has 5 rings (SSSR count). The minimum Gasteiger partial charge on any atom is -0.465 e. The van der Waals surface area contributed by atoms with Gasteiger partial charge in [-0.25, -0.2) is 19.7 Å². The zero-order chi connectivity index (χ0) is 26.4. The van der Waals surface area contributed by atoms with Gasteiger partial charge < -0.3 is 20.4 Å². The molecule has 1 saturated heterocycles. The Labute approximate surface area is 221 Å². The van der Waals surface area contributed by atoms with E-state index < -0.39 is 11.7 Å². The largest absolute Gasteiger partial charge is 0.465 e. The standard InChI is InChI=1S/C28H35N5O3S/c1-17-12-19(14-20(13-17)31-25-29-10-8-21(32-25)18-6-7-18)22-16-30-24(37-22)28(36)9-5-11-33(26(34)35)23(15-28)27(2,3)4/h8,10,12-14,16,18,23,36H,5-7,9,11,15H2,1-4H3,(H,34,35)(H,29,31,32)/t23?,28-/m1/s1. The number of carboxylic acid groups (broad SMARTS) is 1. The van der Waals surface area contributed by atoms with Gasteiger partial charge in [-0.2, -0.15) is 0 Å². The SMILES string of the molecule is Cc1cc(Nc2nccc(C3CC3)n2)cc(-c2cnc([C@@]3(O)CCCN(C(=O)O)C(C(C)(C)C)C3)s2)c1. The summed E-state index contributed by atoms with van der Waals surface area (Å²) in [5.41, 5.74) is 2.59. The summed E-state index contributed by atoms with van der Waals surface area (Å²) < 4.78 is 0. The van der Waals surface area contributed by atoms with Gasteiger partial charge in [0.15, 0.2) is 0 Å². The van der Waals surface area contributed by atoms with Crippen molar-refractivity contribution < 1.29 is 15.0 Å². The maximum atomic E-state index is 12.0. The molecule has 1 aliphatic carbocycles. The van der Waals surface area contributed by atoms with Crippen molar-refractivity contribution in [2.45, 2.75) is 77.4 Å². The van der Waals surface area contributed by atoms with E-state index in [9.17, 15) is 15.0 Å². The number of hydrogen-bond acceptors (Lipinski definition) is 7.